The molecule has 66 valence electrons. The summed E-state index contributed by atoms with van der Waals surface area (Å²) in [4.78, 5) is 0. The molecular weight excluding hydrogens is 241 g/mol. The molecule has 2 nitrogen and oxygen atoms in total. The van der Waals surface area contributed by atoms with E-state index in [2.05, 4.69) is 15.9 Å². The Morgan fingerprint density at radius 1 is 1.58 bits per heavy atom. The fourth-order valence-corrected chi connectivity index (χ4v) is 2.05. The second-order valence-electron chi connectivity index (χ2n) is 2.42. The number of nitrogens with two attached hydrogens (primary N) is 1. The Morgan fingerprint density at radius 3 is 2.75 bits per heavy atom. The van der Waals surface area contributed by atoms with Gasteiger partial charge in [-0.2, -0.15) is 0 Å². The van der Waals surface area contributed by atoms with E-state index in [0.717, 1.165) is 10.0 Å². The van der Waals surface area contributed by atoms with Gasteiger partial charge in [-0.25, -0.2) is 0 Å². The summed E-state index contributed by atoms with van der Waals surface area (Å²) < 4.78 is 0.830. The highest BCUT2D eigenvalue weighted by Crippen LogP contribution is 2.28. The van der Waals surface area contributed by atoms with Gasteiger partial charge in [-0.1, -0.05) is 33.6 Å². The Labute approximate surface area is 84.5 Å². The zero-order valence-electron chi connectivity index (χ0n) is 6.30. The largest absolute Gasteiger partial charge is 0.394 e. The SMILES string of the molecule is NC(CO)c1c(Cl)cccc1Br. The van der Waals surface area contributed by atoms with E-state index in [-0.39, 0.29) is 6.61 Å². The third-order valence-electron chi connectivity index (χ3n) is 1.57. The summed E-state index contributed by atoms with van der Waals surface area (Å²) in [6, 6.07) is 4.99. The summed E-state index contributed by atoms with van der Waals surface area (Å²) in [5, 5.41) is 9.41. The van der Waals surface area contributed by atoms with Crippen molar-refractivity contribution in [3.05, 3.63) is 33.3 Å². The van der Waals surface area contributed by atoms with Crippen LogP contribution < -0.4 is 5.73 Å². The van der Waals surface area contributed by atoms with E-state index in [4.69, 9.17) is 22.4 Å². The molecule has 12 heavy (non-hydrogen) atoms. The third kappa shape index (κ3) is 1.98. The van der Waals surface area contributed by atoms with Crippen LogP contribution in [0.5, 0.6) is 0 Å². The molecule has 0 radical (unpaired) electrons. The maximum atomic E-state index is 8.83. The first-order valence-electron chi connectivity index (χ1n) is 3.47. The molecule has 0 aliphatic carbocycles. The average Bonchev–Trinajstić information content (AvgIpc) is 2.03. The van der Waals surface area contributed by atoms with Crippen LogP contribution in [0, 0.1) is 0 Å². The van der Waals surface area contributed by atoms with Crippen LogP contribution in [0.1, 0.15) is 11.6 Å². The molecule has 0 amide bonds. The summed E-state index contributed by atoms with van der Waals surface area (Å²) in [5.74, 6) is 0. The zero-order chi connectivity index (χ0) is 9.14. The molecule has 0 aliphatic rings. The molecule has 0 bridgehead atoms. The first kappa shape index (κ1) is 9.99. The Kier molecular flexibility index (Phi) is 3.53. The van der Waals surface area contributed by atoms with Gasteiger partial charge < -0.3 is 10.8 Å². The standard InChI is InChI=1S/C8H9BrClNO/c9-5-2-1-3-6(10)8(5)7(11)4-12/h1-3,7,12H,4,11H2. The Hall–Kier alpha value is -0.0900. The summed E-state index contributed by atoms with van der Waals surface area (Å²) >= 11 is 9.19. The lowest BCUT2D eigenvalue weighted by Gasteiger charge is -2.12. The van der Waals surface area contributed by atoms with E-state index >= 15 is 0 Å². The number of hydrogen-bond donors (Lipinski definition) is 2. The molecule has 0 fully saturated rings. The van der Waals surface area contributed by atoms with E-state index in [9.17, 15) is 0 Å². The minimum absolute atomic E-state index is 0.109. The van der Waals surface area contributed by atoms with Gasteiger partial charge in [0.25, 0.3) is 0 Å². The van der Waals surface area contributed by atoms with Gasteiger partial charge in [-0.15, -0.1) is 0 Å². The predicted molar refractivity (Wildman–Crippen MR) is 53.2 cm³/mol. The fraction of sp³-hybridized carbons (Fsp3) is 0.250. The second kappa shape index (κ2) is 4.23. The van der Waals surface area contributed by atoms with E-state index in [1.54, 1.807) is 6.07 Å². The molecule has 0 saturated heterocycles. The van der Waals surface area contributed by atoms with Crippen molar-refractivity contribution >= 4 is 27.5 Å². The highest BCUT2D eigenvalue weighted by Gasteiger charge is 2.11. The van der Waals surface area contributed by atoms with Crippen molar-refractivity contribution < 1.29 is 5.11 Å². The Bertz CT molecular complexity index is 260. The maximum Gasteiger partial charge on any atom is 0.0625 e. The quantitative estimate of drug-likeness (QED) is 0.844. The molecule has 0 aliphatic heterocycles. The number of hydrogen-bond acceptors (Lipinski definition) is 2. The van der Waals surface area contributed by atoms with E-state index in [1.165, 1.54) is 0 Å². The number of aliphatic hydroxyl groups is 1. The zero-order valence-corrected chi connectivity index (χ0v) is 8.64. The van der Waals surface area contributed by atoms with Crippen molar-refractivity contribution in [3.8, 4) is 0 Å². The molecule has 0 aromatic heterocycles. The van der Waals surface area contributed by atoms with Gasteiger partial charge in [-0.05, 0) is 12.1 Å². The van der Waals surface area contributed by atoms with Crippen molar-refractivity contribution in [2.45, 2.75) is 6.04 Å². The molecule has 1 atom stereocenters. The molecule has 0 spiro atoms. The number of benzene rings is 1. The van der Waals surface area contributed by atoms with Crippen LogP contribution in [-0.4, -0.2) is 11.7 Å². The molecule has 0 heterocycles. The van der Waals surface area contributed by atoms with Gasteiger partial charge in [0, 0.05) is 15.1 Å². The Morgan fingerprint density at radius 2 is 2.25 bits per heavy atom. The molecule has 4 heteroatoms. The van der Waals surface area contributed by atoms with Gasteiger partial charge in [-0.3, -0.25) is 0 Å². The van der Waals surface area contributed by atoms with Gasteiger partial charge in [0.1, 0.15) is 0 Å². The lowest BCUT2D eigenvalue weighted by molar-refractivity contribution is 0.267. The summed E-state index contributed by atoms with van der Waals surface area (Å²) in [6.45, 7) is -0.109. The van der Waals surface area contributed by atoms with E-state index in [0.29, 0.717) is 5.02 Å². The number of rotatable bonds is 2. The molecule has 3 N–H and O–H groups in total. The summed E-state index contributed by atoms with van der Waals surface area (Å²) in [5.41, 5.74) is 6.38. The van der Waals surface area contributed by atoms with Crippen molar-refractivity contribution in [1.29, 1.82) is 0 Å². The van der Waals surface area contributed by atoms with Crippen LogP contribution in [0.25, 0.3) is 0 Å². The normalized spacial score (nSPS) is 13.0. The molecule has 1 rings (SSSR count). The van der Waals surface area contributed by atoms with Gasteiger partial charge in [0.05, 0.1) is 12.6 Å². The van der Waals surface area contributed by atoms with Gasteiger partial charge in [0.15, 0.2) is 0 Å². The molecular formula is C8H9BrClNO. The van der Waals surface area contributed by atoms with Crippen LogP contribution in [0.4, 0.5) is 0 Å². The minimum atomic E-state index is -0.423. The monoisotopic (exact) mass is 249 g/mol. The lowest BCUT2D eigenvalue weighted by atomic mass is 10.1. The first-order chi connectivity index (χ1) is 5.66. The summed E-state index contributed by atoms with van der Waals surface area (Å²) in [7, 11) is 0. The predicted octanol–water partition coefficient (Wildman–Crippen LogP) is 2.09. The van der Waals surface area contributed by atoms with Crippen molar-refractivity contribution in [2.75, 3.05) is 6.61 Å². The summed E-state index contributed by atoms with van der Waals surface area (Å²) in [6.07, 6.45) is 0. The number of aliphatic hydroxyl groups excluding tert-OH is 1. The van der Waals surface area contributed by atoms with Crippen LogP contribution in [0.3, 0.4) is 0 Å². The number of halogens is 2. The first-order valence-corrected chi connectivity index (χ1v) is 4.64. The molecule has 1 unspecified atom stereocenters. The highest BCUT2D eigenvalue weighted by molar-refractivity contribution is 9.10. The topological polar surface area (TPSA) is 46.2 Å². The smallest absolute Gasteiger partial charge is 0.0625 e. The maximum absolute atomic E-state index is 8.83. The minimum Gasteiger partial charge on any atom is -0.394 e. The lowest BCUT2D eigenvalue weighted by Crippen LogP contribution is -2.15. The molecule has 1 aromatic rings. The fourth-order valence-electron chi connectivity index (χ4n) is 0.956. The van der Waals surface area contributed by atoms with E-state index < -0.39 is 6.04 Å². The van der Waals surface area contributed by atoms with Crippen molar-refractivity contribution in [2.24, 2.45) is 5.73 Å². The Balaban J connectivity index is 3.12. The second-order valence-corrected chi connectivity index (χ2v) is 3.69. The molecule has 1 aromatic carbocycles. The van der Waals surface area contributed by atoms with Crippen LogP contribution in [-0.2, 0) is 0 Å². The van der Waals surface area contributed by atoms with Crippen LogP contribution in [0.2, 0.25) is 5.02 Å². The van der Waals surface area contributed by atoms with Gasteiger partial charge >= 0.3 is 0 Å². The molecule has 0 saturated carbocycles. The third-order valence-corrected chi connectivity index (χ3v) is 2.59. The van der Waals surface area contributed by atoms with Crippen LogP contribution >= 0.6 is 27.5 Å². The van der Waals surface area contributed by atoms with Crippen molar-refractivity contribution in [1.82, 2.24) is 0 Å². The highest BCUT2D eigenvalue weighted by atomic mass is 79.9. The van der Waals surface area contributed by atoms with E-state index in [1.807, 2.05) is 12.1 Å². The van der Waals surface area contributed by atoms with Crippen LogP contribution in [0.15, 0.2) is 22.7 Å². The van der Waals surface area contributed by atoms with Gasteiger partial charge in [0.2, 0.25) is 0 Å². The average molecular weight is 251 g/mol. The van der Waals surface area contributed by atoms with Crippen molar-refractivity contribution in [3.63, 3.8) is 0 Å².